The van der Waals surface area contributed by atoms with E-state index in [1.807, 2.05) is 4.90 Å². The third-order valence-corrected chi connectivity index (χ3v) is 4.03. The van der Waals surface area contributed by atoms with E-state index in [0.29, 0.717) is 32.4 Å². The van der Waals surface area contributed by atoms with Crippen molar-refractivity contribution in [3.63, 3.8) is 0 Å². The van der Waals surface area contributed by atoms with Gasteiger partial charge in [-0.05, 0) is 19.4 Å². The second-order valence-electron chi connectivity index (χ2n) is 5.41. The summed E-state index contributed by atoms with van der Waals surface area (Å²) < 4.78 is 0. The number of carbonyl (C=O) groups excluding carboxylic acids is 2. The molecule has 2 heterocycles. The molecule has 0 aromatic heterocycles. The smallest absolute Gasteiger partial charge is 0.226 e. The highest BCUT2D eigenvalue weighted by molar-refractivity contribution is 5.84. The number of amides is 1. The number of nitriles is 1. The van der Waals surface area contributed by atoms with Crippen molar-refractivity contribution in [1.29, 1.82) is 5.26 Å². The first kappa shape index (κ1) is 14.0. The normalized spacial score (nSPS) is 25.1. The lowest BCUT2D eigenvalue weighted by atomic mass is 9.95. The molecule has 0 radical (unpaired) electrons. The van der Waals surface area contributed by atoms with Gasteiger partial charge in [-0.1, -0.05) is 0 Å². The average molecular weight is 263 g/mol. The second-order valence-corrected chi connectivity index (χ2v) is 5.41. The zero-order valence-electron chi connectivity index (χ0n) is 11.3. The number of hydrogen-bond acceptors (Lipinski definition) is 4. The quantitative estimate of drug-likeness (QED) is 0.755. The number of piperidine rings is 2. The van der Waals surface area contributed by atoms with Gasteiger partial charge in [-0.2, -0.15) is 5.26 Å². The Labute approximate surface area is 114 Å². The molecule has 0 N–H and O–H groups in total. The first-order valence-electron chi connectivity index (χ1n) is 7.10. The lowest BCUT2D eigenvalue weighted by molar-refractivity contribution is -0.139. The number of Topliss-reactive ketones (excluding diaryl/α,β-unsaturated/α-hetero) is 1. The summed E-state index contributed by atoms with van der Waals surface area (Å²) in [7, 11) is 0. The van der Waals surface area contributed by atoms with Crippen LogP contribution in [0.3, 0.4) is 0 Å². The Balaban J connectivity index is 1.84. The molecule has 0 spiro atoms. The zero-order valence-corrected chi connectivity index (χ0v) is 11.3. The van der Waals surface area contributed by atoms with Crippen molar-refractivity contribution in [3.05, 3.63) is 0 Å². The summed E-state index contributed by atoms with van der Waals surface area (Å²) in [5.74, 6) is 0.526. The first-order valence-corrected chi connectivity index (χ1v) is 7.10. The molecule has 104 valence electrons. The third kappa shape index (κ3) is 3.77. The average Bonchev–Trinajstić information content (AvgIpc) is 2.45. The molecule has 1 unspecified atom stereocenters. The molecule has 1 atom stereocenters. The highest BCUT2D eigenvalue weighted by Gasteiger charge is 2.30. The molecule has 2 fully saturated rings. The summed E-state index contributed by atoms with van der Waals surface area (Å²) in [6.07, 6.45) is 3.51. The van der Waals surface area contributed by atoms with Gasteiger partial charge in [0.1, 0.15) is 5.78 Å². The first-order chi connectivity index (χ1) is 9.20. The van der Waals surface area contributed by atoms with Gasteiger partial charge in [0, 0.05) is 45.4 Å². The zero-order chi connectivity index (χ0) is 13.7. The van der Waals surface area contributed by atoms with E-state index in [4.69, 9.17) is 5.26 Å². The summed E-state index contributed by atoms with van der Waals surface area (Å²) >= 11 is 0. The molecular formula is C14H21N3O2. The fourth-order valence-corrected chi connectivity index (χ4v) is 2.90. The van der Waals surface area contributed by atoms with Gasteiger partial charge in [0.05, 0.1) is 12.0 Å². The van der Waals surface area contributed by atoms with Crippen LogP contribution >= 0.6 is 0 Å². The Morgan fingerprint density at radius 3 is 2.74 bits per heavy atom. The molecule has 2 aliphatic heterocycles. The van der Waals surface area contributed by atoms with Crippen molar-refractivity contribution in [2.24, 2.45) is 5.92 Å². The minimum absolute atomic E-state index is 0.0562. The number of hydrogen-bond donors (Lipinski definition) is 0. The summed E-state index contributed by atoms with van der Waals surface area (Å²) in [6.45, 7) is 3.70. The van der Waals surface area contributed by atoms with Crippen LogP contribution in [0.4, 0.5) is 0 Å². The minimum atomic E-state index is 0.0562. The van der Waals surface area contributed by atoms with Crippen LogP contribution in [0.15, 0.2) is 0 Å². The monoisotopic (exact) mass is 263 g/mol. The van der Waals surface area contributed by atoms with Gasteiger partial charge >= 0.3 is 0 Å². The largest absolute Gasteiger partial charge is 0.342 e. The Bertz CT molecular complexity index is 379. The molecule has 2 rings (SSSR count). The van der Waals surface area contributed by atoms with Crippen molar-refractivity contribution in [1.82, 2.24) is 9.80 Å². The third-order valence-electron chi connectivity index (χ3n) is 4.03. The minimum Gasteiger partial charge on any atom is -0.342 e. The summed E-state index contributed by atoms with van der Waals surface area (Å²) in [5, 5.41) is 8.62. The molecule has 0 saturated carbocycles. The Morgan fingerprint density at radius 2 is 2.05 bits per heavy atom. The summed E-state index contributed by atoms with van der Waals surface area (Å²) in [6, 6.07) is 2.15. The fourth-order valence-electron chi connectivity index (χ4n) is 2.90. The number of ketones is 1. The van der Waals surface area contributed by atoms with Crippen LogP contribution in [0.1, 0.15) is 32.1 Å². The lowest BCUT2D eigenvalue weighted by Crippen LogP contribution is -2.47. The standard InChI is InChI=1S/C14H21N3O2/c15-6-2-8-16-7-1-3-12(11-16)14(19)17-9-4-13(18)5-10-17/h12H,1-5,7-11H2. The van der Waals surface area contributed by atoms with Crippen LogP contribution in [0.5, 0.6) is 0 Å². The number of carbonyl (C=O) groups is 2. The molecule has 0 aromatic carbocycles. The summed E-state index contributed by atoms with van der Waals surface area (Å²) in [4.78, 5) is 27.7. The van der Waals surface area contributed by atoms with Gasteiger partial charge in [0.2, 0.25) is 5.91 Å². The molecule has 19 heavy (non-hydrogen) atoms. The molecule has 2 aliphatic rings. The molecule has 5 nitrogen and oxygen atoms in total. The van der Waals surface area contributed by atoms with E-state index in [-0.39, 0.29) is 17.6 Å². The molecule has 0 bridgehead atoms. The van der Waals surface area contributed by atoms with E-state index in [2.05, 4.69) is 11.0 Å². The van der Waals surface area contributed by atoms with Crippen molar-refractivity contribution in [2.75, 3.05) is 32.7 Å². The van der Waals surface area contributed by atoms with Crippen molar-refractivity contribution in [3.8, 4) is 6.07 Å². The maximum atomic E-state index is 12.4. The molecular weight excluding hydrogens is 242 g/mol. The van der Waals surface area contributed by atoms with Crippen LogP contribution in [-0.4, -0.2) is 54.2 Å². The SMILES string of the molecule is N#CCCN1CCCC(C(=O)N2CCC(=O)CC2)C1. The van der Waals surface area contributed by atoms with E-state index < -0.39 is 0 Å². The molecule has 0 aromatic rings. The predicted molar refractivity (Wildman–Crippen MR) is 70.2 cm³/mol. The van der Waals surface area contributed by atoms with Gasteiger partial charge in [-0.15, -0.1) is 0 Å². The molecule has 2 saturated heterocycles. The molecule has 0 aliphatic carbocycles. The Morgan fingerprint density at radius 1 is 1.32 bits per heavy atom. The van der Waals surface area contributed by atoms with Crippen LogP contribution in [0.25, 0.3) is 0 Å². The molecule has 5 heteroatoms. The van der Waals surface area contributed by atoms with Gasteiger partial charge < -0.3 is 9.80 Å². The Hall–Kier alpha value is -1.41. The topological polar surface area (TPSA) is 64.4 Å². The second kappa shape index (κ2) is 6.67. The van der Waals surface area contributed by atoms with Crippen molar-refractivity contribution >= 4 is 11.7 Å². The lowest BCUT2D eigenvalue weighted by Gasteiger charge is -2.35. The van der Waals surface area contributed by atoms with Gasteiger partial charge in [-0.3, -0.25) is 9.59 Å². The van der Waals surface area contributed by atoms with Gasteiger partial charge in [0.25, 0.3) is 0 Å². The number of rotatable bonds is 3. The van der Waals surface area contributed by atoms with Crippen LogP contribution < -0.4 is 0 Å². The van der Waals surface area contributed by atoms with Gasteiger partial charge in [-0.25, -0.2) is 0 Å². The fraction of sp³-hybridized carbons (Fsp3) is 0.786. The van der Waals surface area contributed by atoms with E-state index in [1.54, 1.807) is 0 Å². The number of likely N-dealkylation sites (tertiary alicyclic amines) is 2. The maximum absolute atomic E-state index is 12.4. The van der Waals surface area contributed by atoms with E-state index >= 15 is 0 Å². The van der Waals surface area contributed by atoms with E-state index in [1.165, 1.54) is 0 Å². The Kier molecular flexibility index (Phi) is 4.92. The van der Waals surface area contributed by atoms with Crippen LogP contribution in [0.2, 0.25) is 0 Å². The van der Waals surface area contributed by atoms with Crippen molar-refractivity contribution < 1.29 is 9.59 Å². The maximum Gasteiger partial charge on any atom is 0.226 e. The molecule has 1 amide bonds. The predicted octanol–water partition coefficient (Wildman–Crippen LogP) is 0.804. The van der Waals surface area contributed by atoms with Crippen LogP contribution in [0, 0.1) is 17.2 Å². The summed E-state index contributed by atoms with van der Waals surface area (Å²) in [5.41, 5.74) is 0. The van der Waals surface area contributed by atoms with E-state index in [0.717, 1.165) is 32.5 Å². The highest BCUT2D eigenvalue weighted by Crippen LogP contribution is 2.20. The van der Waals surface area contributed by atoms with Crippen LogP contribution in [-0.2, 0) is 9.59 Å². The number of nitrogens with zero attached hydrogens (tertiary/aromatic N) is 3. The van der Waals surface area contributed by atoms with Crippen molar-refractivity contribution in [2.45, 2.75) is 32.1 Å². The van der Waals surface area contributed by atoms with Gasteiger partial charge in [0.15, 0.2) is 0 Å². The highest BCUT2D eigenvalue weighted by atomic mass is 16.2. The van der Waals surface area contributed by atoms with E-state index in [9.17, 15) is 9.59 Å².